The number of carbonyl (C=O) groups excluding carboxylic acids is 2. The fourth-order valence-electron chi connectivity index (χ4n) is 3.99. The molecule has 4 N–H and O–H groups in total. The first kappa shape index (κ1) is 33.9. The van der Waals surface area contributed by atoms with Gasteiger partial charge in [0.2, 0.25) is 0 Å². The summed E-state index contributed by atoms with van der Waals surface area (Å²) in [7, 11) is 0. The topological polar surface area (TPSA) is 114 Å². The van der Waals surface area contributed by atoms with Gasteiger partial charge in [0.05, 0.1) is 24.3 Å². The minimum atomic E-state index is -4.33. The molecule has 0 amide bonds. The van der Waals surface area contributed by atoms with E-state index >= 15 is 0 Å². The van der Waals surface area contributed by atoms with Crippen LogP contribution in [0.15, 0.2) is 72.8 Å². The molecular formula is C32H33F5N2O5. The number of carbonyl (C=O) groups is 2. The zero-order chi connectivity index (χ0) is 32.2. The first-order valence-corrected chi connectivity index (χ1v) is 13.8. The van der Waals surface area contributed by atoms with Crippen LogP contribution in [0.25, 0.3) is 6.08 Å². The van der Waals surface area contributed by atoms with Crippen LogP contribution in [0.4, 0.5) is 33.3 Å². The van der Waals surface area contributed by atoms with Gasteiger partial charge >= 0.3 is 24.2 Å². The molecule has 12 heteroatoms. The number of hydrogen-bond donors (Lipinski definition) is 2. The van der Waals surface area contributed by atoms with Gasteiger partial charge in [-0.2, -0.15) is 22.0 Å². The molecule has 0 bridgehead atoms. The number of ether oxygens (including phenoxy) is 3. The lowest BCUT2D eigenvalue weighted by Gasteiger charge is -2.18. The van der Waals surface area contributed by atoms with E-state index in [4.69, 9.17) is 25.7 Å². The first-order valence-electron chi connectivity index (χ1n) is 13.8. The standard InChI is InChI=1S/C32H33F5N2O5/c33-31(34,35)16-15-23-5-10-25(11-6-23)32(36,37)44-28-12-7-22(8-13-28)9-14-29(40)42-17-3-1-2-4-18-43-30(41)24-19-26(38)21-27(39)20-24/h5-14,19-21H,1-4,15-18,38-39H2/b14-9+. The van der Waals surface area contributed by atoms with E-state index in [1.165, 1.54) is 60.7 Å². The number of benzene rings is 3. The Labute approximate surface area is 251 Å². The van der Waals surface area contributed by atoms with Gasteiger partial charge in [-0.3, -0.25) is 0 Å². The van der Waals surface area contributed by atoms with Gasteiger partial charge in [-0.05, 0) is 91.8 Å². The highest BCUT2D eigenvalue weighted by molar-refractivity contribution is 5.91. The largest absolute Gasteiger partial charge is 0.463 e. The summed E-state index contributed by atoms with van der Waals surface area (Å²) >= 11 is 0. The van der Waals surface area contributed by atoms with Crippen LogP contribution in [0.1, 0.15) is 59.2 Å². The van der Waals surface area contributed by atoms with E-state index in [9.17, 15) is 31.5 Å². The molecule has 0 unspecified atom stereocenters. The summed E-state index contributed by atoms with van der Waals surface area (Å²) in [6.45, 7) is 0.440. The van der Waals surface area contributed by atoms with Crippen LogP contribution in [0.3, 0.4) is 0 Å². The Kier molecular flexibility index (Phi) is 12.1. The SMILES string of the molecule is Nc1cc(N)cc(C(=O)OCCCCCCOC(=O)/C=C/c2ccc(OC(F)(F)c3ccc(CCC(F)(F)F)cc3)cc2)c1. The van der Waals surface area contributed by atoms with Crippen molar-refractivity contribution in [1.29, 1.82) is 0 Å². The molecule has 0 saturated carbocycles. The average molecular weight is 621 g/mol. The summed E-state index contributed by atoms with van der Waals surface area (Å²) in [5.74, 6) is -1.20. The lowest BCUT2D eigenvalue weighted by Crippen LogP contribution is -2.21. The third-order valence-electron chi connectivity index (χ3n) is 6.25. The van der Waals surface area contributed by atoms with Crippen LogP contribution < -0.4 is 16.2 Å². The van der Waals surface area contributed by atoms with Crippen molar-refractivity contribution in [3.63, 3.8) is 0 Å². The second-order valence-corrected chi connectivity index (χ2v) is 9.94. The molecule has 0 fully saturated rings. The van der Waals surface area contributed by atoms with Crippen molar-refractivity contribution in [3.8, 4) is 5.75 Å². The van der Waals surface area contributed by atoms with E-state index in [0.717, 1.165) is 25.0 Å². The fourth-order valence-corrected chi connectivity index (χ4v) is 3.99. The fraction of sp³-hybridized carbons (Fsp3) is 0.312. The number of alkyl halides is 5. The van der Waals surface area contributed by atoms with Crippen LogP contribution in [0, 0.1) is 0 Å². The highest BCUT2D eigenvalue weighted by Crippen LogP contribution is 2.32. The van der Waals surface area contributed by atoms with Crippen LogP contribution in [0.5, 0.6) is 5.75 Å². The number of unbranched alkanes of at least 4 members (excludes halogenated alkanes) is 3. The maximum absolute atomic E-state index is 14.6. The number of nitrogens with two attached hydrogens (primary N) is 2. The third kappa shape index (κ3) is 11.9. The molecule has 44 heavy (non-hydrogen) atoms. The highest BCUT2D eigenvalue weighted by Gasteiger charge is 2.34. The van der Waals surface area contributed by atoms with Gasteiger partial charge in [0, 0.05) is 23.9 Å². The number of halogens is 5. The molecule has 0 saturated heterocycles. The van der Waals surface area contributed by atoms with E-state index in [0.29, 0.717) is 35.3 Å². The number of esters is 2. The second-order valence-electron chi connectivity index (χ2n) is 9.94. The van der Waals surface area contributed by atoms with Crippen molar-refractivity contribution >= 4 is 29.4 Å². The van der Waals surface area contributed by atoms with Crippen molar-refractivity contribution in [2.45, 2.75) is 50.8 Å². The zero-order valence-electron chi connectivity index (χ0n) is 23.7. The Morgan fingerprint density at radius 1 is 0.750 bits per heavy atom. The highest BCUT2D eigenvalue weighted by atomic mass is 19.4. The molecule has 0 aliphatic carbocycles. The minimum Gasteiger partial charge on any atom is -0.463 e. The Morgan fingerprint density at radius 2 is 1.34 bits per heavy atom. The van der Waals surface area contributed by atoms with Gasteiger partial charge in [0.25, 0.3) is 0 Å². The van der Waals surface area contributed by atoms with Gasteiger partial charge in [-0.15, -0.1) is 0 Å². The van der Waals surface area contributed by atoms with Gasteiger partial charge in [0.15, 0.2) is 0 Å². The summed E-state index contributed by atoms with van der Waals surface area (Å²) in [5, 5.41) is 0. The maximum atomic E-state index is 14.6. The molecule has 3 aromatic carbocycles. The number of anilines is 2. The molecule has 0 atom stereocenters. The lowest BCUT2D eigenvalue weighted by molar-refractivity contribution is -0.185. The summed E-state index contributed by atoms with van der Waals surface area (Å²) in [4.78, 5) is 24.0. The molecule has 0 aromatic heterocycles. The van der Waals surface area contributed by atoms with Gasteiger partial charge < -0.3 is 25.7 Å². The van der Waals surface area contributed by atoms with E-state index in [1.54, 1.807) is 6.07 Å². The van der Waals surface area contributed by atoms with Crippen LogP contribution in [-0.4, -0.2) is 31.3 Å². The number of hydrogen-bond acceptors (Lipinski definition) is 7. The summed E-state index contributed by atoms with van der Waals surface area (Å²) in [5.41, 5.74) is 12.7. The molecule has 0 radical (unpaired) electrons. The normalized spacial score (nSPS) is 11.8. The zero-order valence-corrected chi connectivity index (χ0v) is 23.7. The molecule has 3 aromatic rings. The molecule has 3 rings (SSSR count). The van der Waals surface area contributed by atoms with Crippen molar-refractivity contribution in [2.75, 3.05) is 24.7 Å². The monoisotopic (exact) mass is 620 g/mol. The third-order valence-corrected chi connectivity index (χ3v) is 6.25. The molecule has 0 spiro atoms. The van der Waals surface area contributed by atoms with E-state index in [-0.39, 0.29) is 30.9 Å². The molecule has 7 nitrogen and oxygen atoms in total. The van der Waals surface area contributed by atoms with E-state index in [1.807, 2.05) is 0 Å². The van der Waals surface area contributed by atoms with Gasteiger partial charge in [0.1, 0.15) is 5.75 Å². The molecule has 0 aliphatic rings. The van der Waals surface area contributed by atoms with Crippen molar-refractivity contribution in [3.05, 3.63) is 95.1 Å². The van der Waals surface area contributed by atoms with E-state index < -0.39 is 36.2 Å². The predicted octanol–water partition coefficient (Wildman–Crippen LogP) is 7.45. The lowest BCUT2D eigenvalue weighted by atomic mass is 10.1. The maximum Gasteiger partial charge on any atom is 0.426 e. The quantitative estimate of drug-likeness (QED) is 0.0597. The Hall–Kier alpha value is -4.61. The average Bonchev–Trinajstić information content (AvgIpc) is 2.96. The summed E-state index contributed by atoms with van der Waals surface area (Å²) in [6, 6.07) is 14.6. The van der Waals surface area contributed by atoms with Crippen LogP contribution >= 0.6 is 0 Å². The number of nitrogen functional groups attached to an aromatic ring is 2. The van der Waals surface area contributed by atoms with Crippen LogP contribution in [0.2, 0.25) is 0 Å². The van der Waals surface area contributed by atoms with E-state index in [2.05, 4.69) is 0 Å². The molecular weight excluding hydrogens is 587 g/mol. The Morgan fingerprint density at radius 3 is 1.93 bits per heavy atom. The van der Waals surface area contributed by atoms with Crippen molar-refractivity contribution in [1.82, 2.24) is 0 Å². The summed E-state index contributed by atoms with van der Waals surface area (Å²) < 4.78 is 81.4. The van der Waals surface area contributed by atoms with Crippen LogP contribution in [-0.2, 0) is 26.8 Å². The number of aryl methyl sites for hydroxylation is 1. The van der Waals surface area contributed by atoms with Crippen molar-refractivity contribution < 1.29 is 45.8 Å². The first-order chi connectivity index (χ1) is 20.8. The number of rotatable bonds is 15. The molecule has 0 heterocycles. The Balaban J connectivity index is 1.32. The van der Waals surface area contributed by atoms with Gasteiger partial charge in [-0.25, -0.2) is 9.59 Å². The minimum absolute atomic E-state index is 0.139. The second kappa shape index (κ2) is 15.7. The van der Waals surface area contributed by atoms with Gasteiger partial charge in [-0.1, -0.05) is 24.3 Å². The molecule has 236 valence electrons. The Bertz CT molecular complexity index is 1390. The molecule has 0 aliphatic heterocycles. The smallest absolute Gasteiger partial charge is 0.426 e. The predicted molar refractivity (Wildman–Crippen MR) is 156 cm³/mol. The summed E-state index contributed by atoms with van der Waals surface area (Å²) in [6.07, 6.45) is -3.91. The van der Waals surface area contributed by atoms with Crippen molar-refractivity contribution in [2.24, 2.45) is 0 Å².